The molecule has 1 unspecified atom stereocenters. The Kier molecular flexibility index (Phi) is 8.53. The number of carbonyl (C=O) groups is 1. The molecule has 0 bridgehead atoms. The van der Waals surface area contributed by atoms with Crippen LogP contribution in [0.15, 0.2) is 22.9 Å². The molecule has 2 aliphatic heterocycles. The predicted molar refractivity (Wildman–Crippen MR) is 111 cm³/mol. The third-order valence-corrected chi connectivity index (χ3v) is 5.47. The zero-order valence-electron chi connectivity index (χ0n) is 18.3. The van der Waals surface area contributed by atoms with Crippen LogP contribution in [-0.2, 0) is 14.3 Å². The first-order chi connectivity index (χ1) is 13.2. The smallest absolute Gasteiger partial charge is 0.337 e. The molecule has 0 radical (unpaired) electrons. The average molecular weight is 395 g/mol. The number of rotatable bonds is 9. The molecule has 2 rings (SSSR count). The minimum absolute atomic E-state index is 0.101. The number of carboxylic acids is 1. The van der Waals surface area contributed by atoms with Crippen molar-refractivity contribution in [2.45, 2.75) is 59.5 Å². The summed E-state index contributed by atoms with van der Waals surface area (Å²) < 4.78 is 10.8. The van der Waals surface area contributed by atoms with Crippen LogP contribution in [-0.4, -0.2) is 73.6 Å². The van der Waals surface area contributed by atoms with Crippen molar-refractivity contribution >= 4 is 5.97 Å². The summed E-state index contributed by atoms with van der Waals surface area (Å²) in [5.41, 5.74) is 2.56. The van der Waals surface area contributed by atoms with Gasteiger partial charge in [-0.3, -0.25) is 4.90 Å². The second-order valence-corrected chi connectivity index (χ2v) is 8.99. The Labute approximate surface area is 170 Å². The molecular formula is C22H38N2O4. The number of hydrogen-bond donors (Lipinski definition) is 1. The van der Waals surface area contributed by atoms with Crippen molar-refractivity contribution in [2.75, 3.05) is 46.6 Å². The third-order valence-electron chi connectivity index (χ3n) is 5.47. The normalized spacial score (nSPS) is 21.8. The largest absolute Gasteiger partial charge is 0.478 e. The maximum Gasteiger partial charge on any atom is 0.337 e. The highest BCUT2D eigenvalue weighted by Crippen LogP contribution is 2.33. The molecular weight excluding hydrogens is 356 g/mol. The van der Waals surface area contributed by atoms with Crippen LogP contribution < -0.4 is 0 Å². The van der Waals surface area contributed by atoms with Gasteiger partial charge in [-0.1, -0.05) is 20.8 Å². The summed E-state index contributed by atoms with van der Waals surface area (Å²) in [6, 6.07) is 0. The fourth-order valence-electron chi connectivity index (χ4n) is 4.06. The highest BCUT2D eigenvalue weighted by Gasteiger charge is 2.34. The van der Waals surface area contributed by atoms with E-state index in [4.69, 9.17) is 9.47 Å². The van der Waals surface area contributed by atoms with Gasteiger partial charge in [-0.15, -0.1) is 0 Å². The van der Waals surface area contributed by atoms with E-state index in [1.165, 1.54) is 0 Å². The SMILES string of the molecule is COCCCC1=C(C(=O)O)C(C)=CC(N2CCOCC2)N1CCCC(C)(C)C. The highest BCUT2D eigenvalue weighted by atomic mass is 16.5. The third kappa shape index (κ3) is 6.33. The van der Waals surface area contributed by atoms with Gasteiger partial charge in [0.1, 0.15) is 6.17 Å². The second kappa shape index (κ2) is 10.4. The van der Waals surface area contributed by atoms with Crippen molar-refractivity contribution in [1.29, 1.82) is 0 Å². The lowest BCUT2D eigenvalue weighted by molar-refractivity contribution is -0.132. The zero-order valence-corrected chi connectivity index (χ0v) is 18.3. The summed E-state index contributed by atoms with van der Waals surface area (Å²) in [6.07, 6.45) is 5.92. The van der Waals surface area contributed by atoms with Crippen LogP contribution in [0.2, 0.25) is 0 Å². The number of methoxy groups -OCH3 is 1. The Morgan fingerprint density at radius 2 is 1.96 bits per heavy atom. The Morgan fingerprint density at radius 3 is 2.54 bits per heavy atom. The van der Waals surface area contributed by atoms with E-state index in [0.29, 0.717) is 12.2 Å². The quantitative estimate of drug-likeness (QED) is 0.604. The Morgan fingerprint density at radius 1 is 1.29 bits per heavy atom. The molecule has 0 aromatic rings. The molecule has 0 aromatic heterocycles. The lowest BCUT2D eigenvalue weighted by atomic mass is 9.90. The number of allylic oxidation sites excluding steroid dienone is 1. The van der Waals surface area contributed by atoms with Gasteiger partial charge in [-0.25, -0.2) is 4.79 Å². The molecule has 6 nitrogen and oxygen atoms in total. The van der Waals surface area contributed by atoms with Gasteiger partial charge in [0.2, 0.25) is 0 Å². The van der Waals surface area contributed by atoms with Crippen molar-refractivity contribution < 1.29 is 19.4 Å². The van der Waals surface area contributed by atoms with Crippen LogP contribution in [0.25, 0.3) is 0 Å². The van der Waals surface area contributed by atoms with E-state index in [9.17, 15) is 9.90 Å². The molecule has 0 spiro atoms. The van der Waals surface area contributed by atoms with Crippen LogP contribution in [0.1, 0.15) is 53.4 Å². The van der Waals surface area contributed by atoms with Gasteiger partial charge < -0.3 is 19.5 Å². The Bertz CT molecular complexity index is 586. The van der Waals surface area contributed by atoms with Crippen LogP contribution in [0.3, 0.4) is 0 Å². The maximum atomic E-state index is 12.1. The molecule has 1 N–H and O–H groups in total. The first kappa shape index (κ1) is 22.9. The first-order valence-electron chi connectivity index (χ1n) is 10.5. The van der Waals surface area contributed by atoms with Crippen molar-refractivity contribution in [3.05, 3.63) is 22.9 Å². The first-order valence-corrected chi connectivity index (χ1v) is 10.5. The summed E-state index contributed by atoms with van der Waals surface area (Å²) in [5.74, 6) is -0.831. The summed E-state index contributed by atoms with van der Waals surface area (Å²) in [7, 11) is 1.69. The fraction of sp³-hybridized carbons (Fsp3) is 0.773. The second-order valence-electron chi connectivity index (χ2n) is 8.99. The fourth-order valence-corrected chi connectivity index (χ4v) is 4.06. The van der Waals surface area contributed by atoms with Gasteiger partial charge in [0.25, 0.3) is 0 Å². The van der Waals surface area contributed by atoms with Gasteiger partial charge in [0, 0.05) is 39.0 Å². The van der Waals surface area contributed by atoms with E-state index in [2.05, 4.69) is 36.6 Å². The minimum atomic E-state index is -0.831. The van der Waals surface area contributed by atoms with E-state index >= 15 is 0 Å². The van der Waals surface area contributed by atoms with E-state index < -0.39 is 5.97 Å². The monoisotopic (exact) mass is 394 g/mol. The predicted octanol–water partition coefficient (Wildman–Crippen LogP) is 3.50. The number of ether oxygens (including phenoxy) is 2. The van der Waals surface area contributed by atoms with Gasteiger partial charge in [0.05, 0.1) is 18.8 Å². The van der Waals surface area contributed by atoms with Crippen molar-refractivity contribution in [3.8, 4) is 0 Å². The lowest BCUT2D eigenvalue weighted by Gasteiger charge is -2.45. The van der Waals surface area contributed by atoms with Gasteiger partial charge in [-0.05, 0) is 49.7 Å². The molecule has 28 heavy (non-hydrogen) atoms. The van der Waals surface area contributed by atoms with Crippen LogP contribution in [0, 0.1) is 5.41 Å². The van der Waals surface area contributed by atoms with Crippen molar-refractivity contribution in [1.82, 2.24) is 9.80 Å². The van der Waals surface area contributed by atoms with Gasteiger partial charge >= 0.3 is 5.97 Å². The molecule has 6 heteroatoms. The zero-order chi connectivity index (χ0) is 20.7. The number of nitrogens with zero attached hydrogens (tertiary/aromatic N) is 2. The van der Waals surface area contributed by atoms with E-state index in [0.717, 1.165) is 69.8 Å². The van der Waals surface area contributed by atoms with E-state index in [-0.39, 0.29) is 11.6 Å². The number of carboxylic acid groups (broad SMARTS) is 1. The van der Waals surface area contributed by atoms with Crippen molar-refractivity contribution in [3.63, 3.8) is 0 Å². The summed E-state index contributed by atoms with van der Waals surface area (Å²) >= 11 is 0. The number of hydrogen-bond acceptors (Lipinski definition) is 5. The topological polar surface area (TPSA) is 62.2 Å². The van der Waals surface area contributed by atoms with Crippen molar-refractivity contribution in [2.24, 2.45) is 5.41 Å². The highest BCUT2D eigenvalue weighted by molar-refractivity contribution is 5.92. The van der Waals surface area contributed by atoms with Gasteiger partial charge in [-0.2, -0.15) is 0 Å². The molecule has 2 heterocycles. The summed E-state index contributed by atoms with van der Waals surface area (Å²) in [4.78, 5) is 16.8. The van der Waals surface area contributed by atoms with Crippen LogP contribution >= 0.6 is 0 Å². The summed E-state index contributed by atoms with van der Waals surface area (Å²) in [5, 5.41) is 9.91. The van der Waals surface area contributed by atoms with E-state index in [1.54, 1.807) is 7.11 Å². The molecule has 0 amide bonds. The molecule has 0 aliphatic carbocycles. The van der Waals surface area contributed by atoms with Crippen LogP contribution in [0.5, 0.6) is 0 Å². The Balaban J connectivity index is 2.31. The number of morpholine rings is 1. The standard InChI is InChI=1S/C22H38N2O4/c1-17-16-19(23-11-14-28-15-12-23)24(10-7-9-22(2,3)4)18(8-6-13-27-5)20(17)21(25)26/h16,19H,6-15H2,1-5H3,(H,25,26). The lowest BCUT2D eigenvalue weighted by Crippen LogP contribution is -2.53. The molecule has 1 fully saturated rings. The maximum absolute atomic E-state index is 12.1. The average Bonchev–Trinajstić information content (AvgIpc) is 2.62. The molecule has 0 aromatic carbocycles. The molecule has 160 valence electrons. The summed E-state index contributed by atoms with van der Waals surface area (Å²) in [6.45, 7) is 13.4. The minimum Gasteiger partial charge on any atom is -0.478 e. The molecule has 0 saturated carbocycles. The number of aliphatic carboxylic acids is 1. The van der Waals surface area contributed by atoms with Gasteiger partial charge in [0.15, 0.2) is 0 Å². The Hall–Kier alpha value is -1.37. The van der Waals surface area contributed by atoms with E-state index in [1.807, 2.05) is 6.92 Å². The van der Waals surface area contributed by atoms with Crippen LogP contribution in [0.4, 0.5) is 0 Å². The molecule has 1 atom stereocenters. The molecule has 1 saturated heterocycles. The molecule has 2 aliphatic rings.